The highest BCUT2D eigenvalue weighted by Gasteiger charge is 2.07. The quantitative estimate of drug-likeness (QED) is 0.699. The molecule has 2 heterocycles. The SMILES string of the molecule is Cc1nsc2ccc(-c3cc(N)on3)cc12. The number of hydrogen-bond acceptors (Lipinski definition) is 5. The number of aromatic nitrogens is 2. The first kappa shape index (κ1) is 9.35. The smallest absolute Gasteiger partial charge is 0.222 e. The van der Waals surface area contributed by atoms with Crippen molar-refractivity contribution in [2.24, 2.45) is 0 Å². The topological polar surface area (TPSA) is 64.9 Å². The van der Waals surface area contributed by atoms with E-state index in [0.29, 0.717) is 5.88 Å². The highest BCUT2D eigenvalue weighted by Crippen LogP contribution is 2.28. The molecule has 80 valence electrons. The standard InChI is InChI=1S/C11H9N3OS/c1-6-8-4-7(2-3-10(8)16-14-6)9-5-11(12)15-13-9/h2-5H,12H2,1H3. The number of nitrogens with two attached hydrogens (primary N) is 1. The van der Waals surface area contributed by atoms with Gasteiger partial charge in [-0.25, -0.2) is 0 Å². The van der Waals surface area contributed by atoms with E-state index < -0.39 is 0 Å². The monoisotopic (exact) mass is 231 g/mol. The molecule has 16 heavy (non-hydrogen) atoms. The summed E-state index contributed by atoms with van der Waals surface area (Å²) in [6.45, 7) is 2.00. The maximum atomic E-state index is 5.50. The van der Waals surface area contributed by atoms with Gasteiger partial charge in [0.2, 0.25) is 5.88 Å². The van der Waals surface area contributed by atoms with Gasteiger partial charge in [0.1, 0.15) is 5.69 Å². The van der Waals surface area contributed by atoms with Gasteiger partial charge < -0.3 is 10.3 Å². The molecule has 0 aliphatic carbocycles. The van der Waals surface area contributed by atoms with Gasteiger partial charge in [0.15, 0.2) is 0 Å². The van der Waals surface area contributed by atoms with Gasteiger partial charge in [-0.1, -0.05) is 11.2 Å². The molecule has 5 heteroatoms. The summed E-state index contributed by atoms with van der Waals surface area (Å²) in [7, 11) is 0. The molecule has 0 bridgehead atoms. The number of nitrogen functional groups attached to an aromatic ring is 1. The fourth-order valence-electron chi connectivity index (χ4n) is 1.64. The Hall–Kier alpha value is -1.88. The van der Waals surface area contributed by atoms with Crippen LogP contribution in [0.15, 0.2) is 28.8 Å². The average Bonchev–Trinajstić information content (AvgIpc) is 2.86. The molecule has 0 aliphatic heterocycles. The van der Waals surface area contributed by atoms with Crippen LogP contribution in [-0.2, 0) is 0 Å². The number of fused-ring (bicyclic) bond motifs is 1. The van der Waals surface area contributed by atoms with Gasteiger partial charge in [0.25, 0.3) is 0 Å². The molecule has 0 spiro atoms. The van der Waals surface area contributed by atoms with Crippen LogP contribution in [0.4, 0.5) is 5.88 Å². The molecule has 0 aliphatic rings. The zero-order chi connectivity index (χ0) is 11.1. The van der Waals surface area contributed by atoms with E-state index >= 15 is 0 Å². The molecule has 0 radical (unpaired) electrons. The van der Waals surface area contributed by atoms with E-state index in [1.54, 1.807) is 6.07 Å². The first-order chi connectivity index (χ1) is 7.74. The zero-order valence-electron chi connectivity index (χ0n) is 8.60. The third-order valence-electron chi connectivity index (χ3n) is 2.47. The van der Waals surface area contributed by atoms with E-state index in [-0.39, 0.29) is 0 Å². The molecule has 3 rings (SSSR count). The Morgan fingerprint density at radius 1 is 1.31 bits per heavy atom. The van der Waals surface area contributed by atoms with Crippen molar-refractivity contribution >= 4 is 27.5 Å². The van der Waals surface area contributed by atoms with E-state index in [2.05, 4.69) is 15.6 Å². The second kappa shape index (κ2) is 3.31. The summed E-state index contributed by atoms with van der Waals surface area (Å²) in [6, 6.07) is 7.82. The lowest BCUT2D eigenvalue weighted by molar-refractivity contribution is 0.439. The lowest BCUT2D eigenvalue weighted by Crippen LogP contribution is -1.78. The molecule has 0 amide bonds. The maximum absolute atomic E-state index is 5.50. The minimum Gasteiger partial charge on any atom is -0.368 e. The molecule has 0 saturated heterocycles. The summed E-state index contributed by atoms with van der Waals surface area (Å²) in [5, 5.41) is 5.05. The minimum atomic E-state index is 0.329. The van der Waals surface area contributed by atoms with Gasteiger partial charge in [-0.15, -0.1) is 0 Å². The van der Waals surface area contributed by atoms with E-state index in [9.17, 15) is 0 Å². The predicted molar refractivity (Wildman–Crippen MR) is 64.3 cm³/mol. The first-order valence-electron chi connectivity index (χ1n) is 4.82. The molecule has 4 nitrogen and oxygen atoms in total. The molecule has 1 aromatic carbocycles. The fraction of sp³-hybridized carbons (Fsp3) is 0.0909. The molecule has 2 N–H and O–H groups in total. The highest BCUT2D eigenvalue weighted by molar-refractivity contribution is 7.13. The van der Waals surface area contributed by atoms with E-state index in [0.717, 1.165) is 22.3 Å². The number of anilines is 1. The van der Waals surface area contributed by atoms with Gasteiger partial charge in [0, 0.05) is 17.0 Å². The Morgan fingerprint density at radius 2 is 2.19 bits per heavy atom. The number of nitrogens with zero attached hydrogens (tertiary/aromatic N) is 2. The summed E-state index contributed by atoms with van der Waals surface area (Å²) in [5.41, 5.74) is 8.29. The van der Waals surface area contributed by atoms with Crippen LogP contribution >= 0.6 is 11.5 Å². The van der Waals surface area contributed by atoms with Gasteiger partial charge in [-0.05, 0) is 30.6 Å². The number of hydrogen-bond donors (Lipinski definition) is 1. The summed E-state index contributed by atoms with van der Waals surface area (Å²) in [6.07, 6.45) is 0. The molecule has 0 saturated carbocycles. The van der Waals surface area contributed by atoms with Crippen molar-refractivity contribution in [1.82, 2.24) is 9.53 Å². The molecular formula is C11H9N3OS. The number of rotatable bonds is 1. The minimum absolute atomic E-state index is 0.329. The van der Waals surface area contributed by atoms with Crippen molar-refractivity contribution < 1.29 is 4.52 Å². The Balaban J connectivity index is 2.21. The molecule has 0 fully saturated rings. The van der Waals surface area contributed by atoms with Crippen molar-refractivity contribution in [3.05, 3.63) is 30.0 Å². The molecule has 3 aromatic rings. The molecule has 0 atom stereocenters. The van der Waals surface area contributed by atoms with Crippen molar-refractivity contribution in [2.45, 2.75) is 6.92 Å². The second-order valence-corrected chi connectivity index (χ2v) is 4.40. The Labute approximate surface area is 95.8 Å². The second-order valence-electron chi connectivity index (χ2n) is 3.59. The van der Waals surface area contributed by atoms with Crippen LogP contribution in [0.25, 0.3) is 21.3 Å². The van der Waals surface area contributed by atoms with Crippen molar-refractivity contribution in [2.75, 3.05) is 5.73 Å². The average molecular weight is 231 g/mol. The normalized spacial score (nSPS) is 11.1. The van der Waals surface area contributed by atoms with Crippen molar-refractivity contribution in [3.8, 4) is 11.3 Å². The Kier molecular flexibility index (Phi) is 1.94. The van der Waals surface area contributed by atoms with Crippen LogP contribution in [0.2, 0.25) is 0 Å². The lowest BCUT2D eigenvalue weighted by Gasteiger charge is -1.95. The van der Waals surface area contributed by atoms with Crippen LogP contribution < -0.4 is 5.73 Å². The highest BCUT2D eigenvalue weighted by atomic mass is 32.1. The molecular weight excluding hydrogens is 222 g/mol. The Morgan fingerprint density at radius 3 is 2.94 bits per heavy atom. The van der Waals surface area contributed by atoms with Crippen LogP contribution in [-0.4, -0.2) is 9.53 Å². The predicted octanol–water partition coefficient (Wildman–Crippen LogP) is 2.84. The zero-order valence-corrected chi connectivity index (χ0v) is 9.41. The van der Waals surface area contributed by atoms with Crippen molar-refractivity contribution in [3.63, 3.8) is 0 Å². The number of aryl methyl sites for hydroxylation is 1. The fourth-order valence-corrected chi connectivity index (χ4v) is 2.41. The van der Waals surface area contributed by atoms with Gasteiger partial charge in [0.05, 0.1) is 10.4 Å². The number of benzene rings is 1. The third kappa shape index (κ3) is 1.37. The summed E-state index contributed by atoms with van der Waals surface area (Å²) in [5.74, 6) is 0.329. The summed E-state index contributed by atoms with van der Waals surface area (Å²) in [4.78, 5) is 0. The van der Waals surface area contributed by atoms with E-state index in [1.165, 1.54) is 16.2 Å². The Bertz CT molecular complexity index is 656. The van der Waals surface area contributed by atoms with Crippen LogP contribution in [0, 0.1) is 6.92 Å². The lowest BCUT2D eigenvalue weighted by atomic mass is 10.1. The van der Waals surface area contributed by atoms with Crippen molar-refractivity contribution in [1.29, 1.82) is 0 Å². The molecule has 2 aromatic heterocycles. The van der Waals surface area contributed by atoms with Gasteiger partial charge >= 0.3 is 0 Å². The first-order valence-corrected chi connectivity index (χ1v) is 5.60. The molecule has 0 unspecified atom stereocenters. The van der Waals surface area contributed by atoms with Crippen LogP contribution in [0.5, 0.6) is 0 Å². The summed E-state index contributed by atoms with van der Waals surface area (Å²) >= 11 is 1.50. The van der Waals surface area contributed by atoms with E-state index in [1.807, 2.05) is 19.1 Å². The van der Waals surface area contributed by atoms with Crippen LogP contribution in [0.1, 0.15) is 5.69 Å². The van der Waals surface area contributed by atoms with Crippen LogP contribution in [0.3, 0.4) is 0 Å². The van der Waals surface area contributed by atoms with Gasteiger partial charge in [-0.2, -0.15) is 4.37 Å². The van der Waals surface area contributed by atoms with E-state index in [4.69, 9.17) is 10.3 Å². The van der Waals surface area contributed by atoms with Gasteiger partial charge in [-0.3, -0.25) is 0 Å². The maximum Gasteiger partial charge on any atom is 0.222 e. The third-order valence-corrected chi connectivity index (χ3v) is 3.39. The largest absolute Gasteiger partial charge is 0.368 e. The summed E-state index contributed by atoms with van der Waals surface area (Å²) < 4.78 is 10.3.